The Hall–Kier alpha value is -1.40. The summed E-state index contributed by atoms with van der Waals surface area (Å²) >= 11 is 3.37. The molecule has 1 aromatic carbocycles. The molecule has 2 unspecified atom stereocenters. The summed E-state index contributed by atoms with van der Waals surface area (Å²) in [5, 5.41) is 5.48. The molecule has 5 nitrogen and oxygen atoms in total. The number of carbonyl (C=O) groups excluding carboxylic acids is 2. The van der Waals surface area contributed by atoms with Gasteiger partial charge < -0.3 is 16.4 Å². The van der Waals surface area contributed by atoms with E-state index in [-0.39, 0.29) is 30.3 Å². The maximum absolute atomic E-state index is 11.9. The smallest absolute Gasteiger partial charge is 0.243 e. The lowest BCUT2D eigenvalue weighted by molar-refractivity contribution is -0.127. The Morgan fingerprint density at radius 3 is 2.81 bits per heavy atom. The molecule has 0 aromatic heterocycles. The van der Waals surface area contributed by atoms with Crippen LogP contribution >= 0.6 is 15.9 Å². The summed E-state index contributed by atoms with van der Waals surface area (Å²) < 4.78 is 0.896. The van der Waals surface area contributed by atoms with Crippen molar-refractivity contribution < 1.29 is 9.59 Å². The van der Waals surface area contributed by atoms with Crippen LogP contribution in [0.25, 0.3) is 0 Å². The number of nitrogens with two attached hydrogens (primary N) is 1. The molecule has 1 fully saturated rings. The van der Waals surface area contributed by atoms with Crippen LogP contribution in [0.3, 0.4) is 0 Å². The molecule has 0 spiro atoms. The molecule has 114 valence electrons. The van der Waals surface area contributed by atoms with Gasteiger partial charge in [0.2, 0.25) is 11.8 Å². The first kappa shape index (κ1) is 16.0. The van der Waals surface area contributed by atoms with Crippen molar-refractivity contribution in [1.82, 2.24) is 5.32 Å². The molecule has 2 rings (SSSR count). The first-order valence-corrected chi connectivity index (χ1v) is 7.84. The van der Waals surface area contributed by atoms with E-state index in [0.29, 0.717) is 6.42 Å². The number of anilines is 1. The molecule has 0 aliphatic heterocycles. The van der Waals surface area contributed by atoms with Crippen molar-refractivity contribution in [2.24, 2.45) is 11.7 Å². The van der Waals surface area contributed by atoms with E-state index in [0.717, 1.165) is 28.6 Å². The molecule has 4 N–H and O–H groups in total. The topological polar surface area (TPSA) is 84.2 Å². The fraction of sp³-hybridized carbons (Fsp3) is 0.467. The molecule has 6 heteroatoms. The molecule has 0 radical (unpaired) electrons. The Labute approximate surface area is 132 Å². The van der Waals surface area contributed by atoms with Crippen molar-refractivity contribution in [2.75, 3.05) is 11.9 Å². The van der Waals surface area contributed by atoms with Gasteiger partial charge in [-0.1, -0.05) is 22.0 Å². The van der Waals surface area contributed by atoms with E-state index < -0.39 is 0 Å². The third-order valence-corrected chi connectivity index (χ3v) is 4.23. The first-order valence-electron chi connectivity index (χ1n) is 7.05. The Bertz CT molecular complexity index is 548. The molecule has 1 aromatic rings. The average molecular weight is 354 g/mol. The summed E-state index contributed by atoms with van der Waals surface area (Å²) in [6, 6.07) is 5.78. The van der Waals surface area contributed by atoms with Gasteiger partial charge >= 0.3 is 0 Å². The van der Waals surface area contributed by atoms with Gasteiger partial charge in [-0.05, 0) is 43.9 Å². The Kier molecular flexibility index (Phi) is 5.36. The highest BCUT2D eigenvalue weighted by Crippen LogP contribution is 2.24. The van der Waals surface area contributed by atoms with Gasteiger partial charge in [0.15, 0.2) is 0 Å². The van der Waals surface area contributed by atoms with Gasteiger partial charge in [0.05, 0.1) is 6.54 Å². The number of carbonyl (C=O) groups is 2. The summed E-state index contributed by atoms with van der Waals surface area (Å²) in [5.41, 5.74) is 7.50. The number of nitrogens with one attached hydrogen (secondary N) is 2. The van der Waals surface area contributed by atoms with Crippen LogP contribution in [0.4, 0.5) is 5.69 Å². The molecule has 0 bridgehead atoms. The predicted octanol–water partition coefficient (Wildman–Crippen LogP) is 1.94. The monoisotopic (exact) mass is 353 g/mol. The second-order valence-electron chi connectivity index (χ2n) is 5.50. The number of halogens is 1. The van der Waals surface area contributed by atoms with Crippen LogP contribution < -0.4 is 16.4 Å². The first-order chi connectivity index (χ1) is 9.95. The fourth-order valence-electron chi connectivity index (χ4n) is 2.49. The minimum Gasteiger partial charge on any atom is -0.347 e. The van der Waals surface area contributed by atoms with Crippen LogP contribution in [0.15, 0.2) is 22.7 Å². The fourth-order valence-corrected chi connectivity index (χ4v) is 2.85. The lowest BCUT2D eigenvalue weighted by atomic mass is 10.1. The van der Waals surface area contributed by atoms with Crippen LogP contribution in [0, 0.1) is 12.8 Å². The SMILES string of the molecule is Cc1ccc(Br)cc1NC(=O)CNC(=O)C1CCC(N)C1. The number of amides is 2. The van der Waals surface area contributed by atoms with E-state index in [9.17, 15) is 9.59 Å². The second-order valence-corrected chi connectivity index (χ2v) is 6.41. The zero-order valence-electron chi connectivity index (χ0n) is 12.0. The van der Waals surface area contributed by atoms with E-state index >= 15 is 0 Å². The van der Waals surface area contributed by atoms with Crippen molar-refractivity contribution in [1.29, 1.82) is 0 Å². The summed E-state index contributed by atoms with van der Waals surface area (Å²) in [7, 11) is 0. The molecule has 1 aliphatic carbocycles. The zero-order chi connectivity index (χ0) is 15.4. The summed E-state index contributed by atoms with van der Waals surface area (Å²) in [5.74, 6) is -0.365. The number of hydrogen-bond donors (Lipinski definition) is 3. The van der Waals surface area contributed by atoms with Gasteiger partial charge in [-0.3, -0.25) is 9.59 Å². The highest BCUT2D eigenvalue weighted by molar-refractivity contribution is 9.10. The van der Waals surface area contributed by atoms with E-state index in [1.807, 2.05) is 25.1 Å². The standard InChI is InChI=1S/C15H20BrN3O2/c1-9-2-4-11(16)7-13(9)19-14(20)8-18-15(21)10-3-5-12(17)6-10/h2,4,7,10,12H,3,5-6,8,17H2,1H3,(H,18,21)(H,19,20). The predicted molar refractivity (Wildman–Crippen MR) is 85.8 cm³/mol. The van der Waals surface area contributed by atoms with Crippen LogP contribution in [-0.2, 0) is 9.59 Å². The molecule has 0 heterocycles. The van der Waals surface area contributed by atoms with Gasteiger partial charge in [-0.2, -0.15) is 0 Å². The Balaban J connectivity index is 1.82. The van der Waals surface area contributed by atoms with Crippen molar-refractivity contribution in [3.63, 3.8) is 0 Å². The van der Waals surface area contributed by atoms with Gasteiger partial charge in [0.1, 0.15) is 0 Å². The normalized spacial score (nSPS) is 21.1. The number of rotatable bonds is 4. The Morgan fingerprint density at radius 2 is 2.14 bits per heavy atom. The molecule has 1 aliphatic rings. The van der Waals surface area contributed by atoms with Gasteiger partial charge in [-0.25, -0.2) is 0 Å². The zero-order valence-corrected chi connectivity index (χ0v) is 13.6. The highest BCUT2D eigenvalue weighted by atomic mass is 79.9. The third-order valence-electron chi connectivity index (χ3n) is 3.74. The highest BCUT2D eigenvalue weighted by Gasteiger charge is 2.27. The molecular weight excluding hydrogens is 334 g/mol. The Morgan fingerprint density at radius 1 is 1.38 bits per heavy atom. The largest absolute Gasteiger partial charge is 0.347 e. The summed E-state index contributed by atoms with van der Waals surface area (Å²) in [4.78, 5) is 23.8. The molecule has 0 saturated heterocycles. The lowest BCUT2D eigenvalue weighted by Gasteiger charge is -2.12. The van der Waals surface area contributed by atoms with E-state index in [4.69, 9.17) is 5.73 Å². The summed E-state index contributed by atoms with van der Waals surface area (Å²) in [6.45, 7) is 1.90. The average Bonchev–Trinajstić information content (AvgIpc) is 2.87. The van der Waals surface area contributed by atoms with Gasteiger partial charge in [0, 0.05) is 22.1 Å². The van der Waals surface area contributed by atoms with E-state index in [1.54, 1.807) is 0 Å². The van der Waals surface area contributed by atoms with Gasteiger partial charge in [-0.15, -0.1) is 0 Å². The minimum atomic E-state index is -0.230. The molecule has 2 atom stereocenters. The summed E-state index contributed by atoms with van der Waals surface area (Å²) in [6.07, 6.45) is 2.39. The molecule has 1 saturated carbocycles. The van der Waals surface area contributed by atoms with Crippen molar-refractivity contribution in [2.45, 2.75) is 32.2 Å². The number of benzene rings is 1. The van der Waals surface area contributed by atoms with Crippen LogP contribution in [-0.4, -0.2) is 24.4 Å². The van der Waals surface area contributed by atoms with Crippen molar-refractivity contribution in [3.05, 3.63) is 28.2 Å². The molecular formula is C15H20BrN3O2. The maximum atomic E-state index is 11.9. The third kappa shape index (κ3) is 4.54. The van der Waals surface area contributed by atoms with Crippen LogP contribution in [0.1, 0.15) is 24.8 Å². The van der Waals surface area contributed by atoms with Crippen LogP contribution in [0.2, 0.25) is 0 Å². The van der Waals surface area contributed by atoms with Crippen molar-refractivity contribution in [3.8, 4) is 0 Å². The molecule has 21 heavy (non-hydrogen) atoms. The maximum Gasteiger partial charge on any atom is 0.243 e. The lowest BCUT2D eigenvalue weighted by Crippen LogP contribution is -2.36. The van der Waals surface area contributed by atoms with Crippen LogP contribution in [0.5, 0.6) is 0 Å². The quantitative estimate of drug-likeness (QED) is 0.773. The number of aryl methyl sites for hydroxylation is 1. The minimum absolute atomic E-state index is 0.0173. The van der Waals surface area contributed by atoms with Crippen molar-refractivity contribution >= 4 is 33.4 Å². The molecule has 2 amide bonds. The second kappa shape index (κ2) is 7.04. The van der Waals surface area contributed by atoms with Gasteiger partial charge in [0.25, 0.3) is 0 Å². The number of hydrogen-bond acceptors (Lipinski definition) is 3. The van der Waals surface area contributed by atoms with E-state index in [2.05, 4.69) is 26.6 Å². The van der Waals surface area contributed by atoms with E-state index in [1.165, 1.54) is 0 Å².